The zero-order valence-electron chi connectivity index (χ0n) is 19.4. The Kier molecular flexibility index (Phi) is 6.32. The van der Waals surface area contributed by atoms with E-state index in [-0.39, 0.29) is 38.9 Å². The SMILES string of the molecule is CC(C)Cn1c(=O)[nH]c(=O)c2c(C(=O)NNC(=O)c3ccc(S(C)(=O)=O)cc3)cc(C3CC3)nc21. The largest absolute Gasteiger partial charge is 0.330 e. The second-order valence-corrected chi connectivity index (χ2v) is 11.1. The molecule has 0 aliphatic heterocycles. The van der Waals surface area contributed by atoms with Crippen LogP contribution in [-0.4, -0.2) is 41.0 Å². The molecule has 3 aromatic rings. The summed E-state index contributed by atoms with van der Waals surface area (Å²) in [4.78, 5) is 57.6. The van der Waals surface area contributed by atoms with E-state index in [1.807, 2.05) is 13.8 Å². The van der Waals surface area contributed by atoms with E-state index in [2.05, 4.69) is 20.8 Å². The number of nitrogens with one attached hydrogen (secondary N) is 3. The van der Waals surface area contributed by atoms with Gasteiger partial charge in [0.15, 0.2) is 15.5 Å². The Labute approximate surface area is 200 Å². The molecule has 0 atom stereocenters. The number of aromatic nitrogens is 3. The van der Waals surface area contributed by atoms with E-state index < -0.39 is 32.9 Å². The number of aromatic amines is 1. The molecule has 0 saturated heterocycles. The number of nitrogens with zero attached hydrogens (tertiary/aromatic N) is 2. The zero-order valence-corrected chi connectivity index (χ0v) is 20.2. The van der Waals surface area contributed by atoms with E-state index in [1.54, 1.807) is 0 Å². The monoisotopic (exact) mass is 499 g/mol. The Morgan fingerprint density at radius 3 is 2.31 bits per heavy atom. The molecule has 0 unspecified atom stereocenters. The van der Waals surface area contributed by atoms with E-state index in [0.717, 1.165) is 19.1 Å². The first-order valence-electron chi connectivity index (χ1n) is 11.0. The van der Waals surface area contributed by atoms with E-state index in [9.17, 15) is 27.6 Å². The van der Waals surface area contributed by atoms with Gasteiger partial charge in [0.1, 0.15) is 0 Å². The van der Waals surface area contributed by atoms with Crippen molar-refractivity contribution in [1.82, 2.24) is 25.4 Å². The van der Waals surface area contributed by atoms with Crippen molar-refractivity contribution in [2.45, 2.75) is 44.0 Å². The number of carbonyl (C=O) groups excluding carboxylic acids is 2. The summed E-state index contributed by atoms with van der Waals surface area (Å²) in [7, 11) is -3.42. The number of benzene rings is 1. The number of hydrogen-bond donors (Lipinski definition) is 3. The molecule has 1 fully saturated rings. The highest BCUT2D eigenvalue weighted by Crippen LogP contribution is 2.39. The number of carbonyl (C=O) groups is 2. The number of hydrazine groups is 1. The number of hydrogen-bond acceptors (Lipinski definition) is 7. The van der Waals surface area contributed by atoms with Crippen LogP contribution < -0.4 is 22.1 Å². The summed E-state index contributed by atoms with van der Waals surface area (Å²) in [6.07, 6.45) is 2.83. The lowest BCUT2D eigenvalue weighted by molar-refractivity contribution is 0.0847. The molecule has 184 valence electrons. The van der Waals surface area contributed by atoms with Crippen molar-refractivity contribution in [2.24, 2.45) is 5.92 Å². The predicted octanol–water partition coefficient (Wildman–Crippen LogP) is 1.10. The third-order valence-electron chi connectivity index (χ3n) is 5.59. The first-order valence-corrected chi connectivity index (χ1v) is 12.9. The van der Waals surface area contributed by atoms with Gasteiger partial charge in [0.05, 0.1) is 15.8 Å². The fourth-order valence-corrected chi connectivity index (χ4v) is 4.33. The third-order valence-corrected chi connectivity index (χ3v) is 6.72. The van der Waals surface area contributed by atoms with Crippen molar-refractivity contribution in [3.8, 4) is 0 Å². The van der Waals surface area contributed by atoms with Crippen LogP contribution in [0.2, 0.25) is 0 Å². The van der Waals surface area contributed by atoms with E-state index in [1.165, 1.54) is 34.9 Å². The second kappa shape index (κ2) is 9.10. The van der Waals surface area contributed by atoms with Gasteiger partial charge in [0, 0.05) is 30.0 Å². The molecule has 1 saturated carbocycles. The number of sulfone groups is 1. The highest BCUT2D eigenvalue weighted by molar-refractivity contribution is 7.90. The molecule has 4 rings (SSSR count). The van der Waals surface area contributed by atoms with Crippen LogP contribution in [-0.2, 0) is 16.4 Å². The van der Waals surface area contributed by atoms with Crippen molar-refractivity contribution in [3.63, 3.8) is 0 Å². The van der Waals surface area contributed by atoms with Crippen molar-refractivity contribution >= 4 is 32.7 Å². The van der Waals surface area contributed by atoms with Gasteiger partial charge in [-0.25, -0.2) is 18.2 Å². The summed E-state index contributed by atoms with van der Waals surface area (Å²) in [6.45, 7) is 4.13. The zero-order chi connectivity index (χ0) is 25.5. The van der Waals surface area contributed by atoms with E-state index in [4.69, 9.17) is 0 Å². The molecule has 2 aromatic heterocycles. The van der Waals surface area contributed by atoms with Crippen LogP contribution in [0.4, 0.5) is 0 Å². The number of rotatable bonds is 6. The molecule has 3 N–H and O–H groups in total. The Balaban J connectivity index is 1.67. The molecule has 1 aliphatic rings. The van der Waals surface area contributed by atoms with Crippen LogP contribution in [0.3, 0.4) is 0 Å². The van der Waals surface area contributed by atoms with Crippen LogP contribution in [0.25, 0.3) is 11.0 Å². The van der Waals surface area contributed by atoms with Gasteiger partial charge in [-0.2, -0.15) is 0 Å². The molecule has 1 aromatic carbocycles. The fraction of sp³-hybridized carbons (Fsp3) is 0.348. The Bertz CT molecular complexity index is 1550. The summed E-state index contributed by atoms with van der Waals surface area (Å²) < 4.78 is 24.5. The molecule has 0 radical (unpaired) electrons. The molecule has 1 aliphatic carbocycles. The number of H-pyrrole nitrogens is 1. The number of amides is 2. The molecule has 2 amide bonds. The van der Waals surface area contributed by atoms with Crippen molar-refractivity contribution < 1.29 is 18.0 Å². The number of pyridine rings is 1. The standard InChI is InChI=1S/C23H25N5O6S/c1-12(2)11-28-19-18(22(31)25-23(28)32)16(10-17(24-19)13-4-5-13)21(30)27-26-20(29)14-6-8-15(9-7-14)35(3,33)34/h6-10,12-13H,4-5,11H2,1-3H3,(H,26,29)(H,27,30)(H,25,31,32). The molecule has 2 heterocycles. The minimum Gasteiger partial charge on any atom is -0.277 e. The minimum absolute atomic E-state index is 0.0108. The minimum atomic E-state index is -3.42. The summed E-state index contributed by atoms with van der Waals surface area (Å²) in [5.41, 5.74) is 4.07. The van der Waals surface area contributed by atoms with Gasteiger partial charge in [0.25, 0.3) is 17.4 Å². The molecule has 0 bridgehead atoms. The van der Waals surface area contributed by atoms with Crippen LogP contribution in [0, 0.1) is 5.92 Å². The Morgan fingerprint density at radius 1 is 1.11 bits per heavy atom. The fourth-order valence-electron chi connectivity index (χ4n) is 3.70. The van der Waals surface area contributed by atoms with Gasteiger partial charge in [-0.05, 0) is 49.1 Å². The van der Waals surface area contributed by atoms with Crippen LogP contribution >= 0.6 is 0 Å². The van der Waals surface area contributed by atoms with Crippen molar-refractivity contribution in [3.05, 3.63) is 68.0 Å². The molecular weight excluding hydrogens is 474 g/mol. The molecule has 35 heavy (non-hydrogen) atoms. The van der Waals surface area contributed by atoms with Crippen LogP contribution in [0.5, 0.6) is 0 Å². The molecule has 0 spiro atoms. The predicted molar refractivity (Wildman–Crippen MR) is 128 cm³/mol. The Morgan fingerprint density at radius 2 is 1.74 bits per heavy atom. The lowest BCUT2D eigenvalue weighted by Crippen LogP contribution is -2.42. The first-order chi connectivity index (χ1) is 16.5. The molecule has 11 nitrogen and oxygen atoms in total. The van der Waals surface area contributed by atoms with E-state index in [0.29, 0.717) is 12.2 Å². The maximum atomic E-state index is 13.1. The van der Waals surface area contributed by atoms with Gasteiger partial charge >= 0.3 is 5.69 Å². The highest BCUT2D eigenvalue weighted by Gasteiger charge is 2.29. The summed E-state index contributed by atoms with van der Waals surface area (Å²) in [5, 5.41) is -0.0427. The lowest BCUT2D eigenvalue weighted by atomic mass is 10.1. The first kappa shape index (κ1) is 24.3. The third kappa shape index (κ3) is 5.16. The summed E-state index contributed by atoms with van der Waals surface area (Å²) in [6, 6.07) is 6.73. The maximum absolute atomic E-state index is 13.1. The van der Waals surface area contributed by atoms with Crippen molar-refractivity contribution in [1.29, 1.82) is 0 Å². The van der Waals surface area contributed by atoms with Gasteiger partial charge in [0.2, 0.25) is 0 Å². The van der Waals surface area contributed by atoms with E-state index >= 15 is 0 Å². The highest BCUT2D eigenvalue weighted by atomic mass is 32.2. The van der Waals surface area contributed by atoms with Crippen molar-refractivity contribution in [2.75, 3.05) is 6.26 Å². The quantitative estimate of drug-likeness (QED) is 0.428. The van der Waals surface area contributed by atoms with Gasteiger partial charge in [-0.3, -0.25) is 34.8 Å². The van der Waals surface area contributed by atoms with Crippen LogP contribution in [0.1, 0.15) is 59.0 Å². The lowest BCUT2D eigenvalue weighted by Gasteiger charge is -2.15. The van der Waals surface area contributed by atoms with Crippen LogP contribution in [0.15, 0.2) is 44.8 Å². The normalized spacial score (nSPS) is 13.7. The maximum Gasteiger partial charge on any atom is 0.330 e. The van der Waals surface area contributed by atoms with Gasteiger partial charge in [-0.15, -0.1) is 0 Å². The summed E-state index contributed by atoms with van der Waals surface area (Å²) in [5.74, 6) is -1.21. The molecule has 12 heteroatoms. The average Bonchev–Trinajstić information content (AvgIpc) is 3.64. The Hall–Kier alpha value is -3.80. The summed E-state index contributed by atoms with van der Waals surface area (Å²) >= 11 is 0. The number of fused-ring (bicyclic) bond motifs is 1. The van der Waals surface area contributed by atoms with Gasteiger partial charge < -0.3 is 0 Å². The van der Waals surface area contributed by atoms with Gasteiger partial charge in [-0.1, -0.05) is 13.8 Å². The topological polar surface area (TPSA) is 160 Å². The average molecular weight is 500 g/mol. The smallest absolute Gasteiger partial charge is 0.277 e. The molecular formula is C23H25N5O6S. The second-order valence-electron chi connectivity index (χ2n) is 9.04.